The molecule has 1 N–H and O–H groups in total. The van der Waals surface area contributed by atoms with Crippen molar-refractivity contribution in [3.05, 3.63) is 60.2 Å². The Kier molecular flexibility index (Phi) is 7.81. The van der Waals surface area contributed by atoms with Crippen molar-refractivity contribution in [2.24, 2.45) is 0 Å². The zero-order chi connectivity index (χ0) is 17.5. The Balaban J connectivity index is 0.00000243. The number of aromatic nitrogens is 1. The number of nitrogens with zero attached hydrogens (tertiary/aromatic N) is 2. The molecule has 0 radical (unpaired) electrons. The summed E-state index contributed by atoms with van der Waals surface area (Å²) in [6.07, 6.45) is 4.55. The van der Waals surface area contributed by atoms with Crippen molar-refractivity contribution in [1.82, 2.24) is 15.2 Å². The largest absolute Gasteiger partial charge is 0.493 e. The molecular formula is C19H23ClFN3O2. The zero-order valence-corrected chi connectivity index (χ0v) is 15.3. The third kappa shape index (κ3) is 5.41. The van der Waals surface area contributed by atoms with Gasteiger partial charge < -0.3 is 15.0 Å². The fourth-order valence-electron chi connectivity index (χ4n) is 2.99. The van der Waals surface area contributed by atoms with E-state index in [0.717, 1.165) is 18.7 Å². The summed E-state index contributed by atoms with van der Waals surface area (Å²) in [6, 6.07) is 9.93. The highest BCUT2D eigenvalue weighted by atomic mass is 35.5. The van der Waals surface area contributed by atoms with Crippen molar-refractivity contribution in [2.45, 2.75) is 18.9 Å². The Labute approximate surface area is 159 Å². The summed E-state index contributed by atoms with van der Waals surface area (Å²) in [6.45, 7) is 2.60. The van der Waals surface area contributed by atoms with Gasteiger partial charge in [-0.15, -0.1) is 12.4 Å². The maximum absolute atomic E-state index is 13.1. The highest BCUT2D eigenvalue weighted by molar-refractivity contribution is 5.85. The third-order valence-corrected chi connectivity index (χ3v) is 4.23. The van der Waals surface area contributed by atoms with E-state index in [4.69, 9.17) is 4.74 Å². The number of carbonyl (C=O) groups excluding carboxylic acids is 1. The van der Waals surface area contributed by atoms with Crippen LogP contribution in [0.4, 0.5) is 4.39 Å². The van der Waals surface area contributed by atoms with Crippen LogP contribution in [0.5, 0.6) is 5.75 Å². The first-order valence-electron chi connectivity index (χ1n) is 8.52. The molecule has 0 saturated carbocycles. The van der Waals surface area contributed by atoms with Crippen molar-refractivity contribution in [3.63, 3.8) is 0 Å². The first kappa shape index (κ1) is 20.1. The Morgan fingerprint density at radius 1 is 1.35 bits per heavy atom. The van der Waals surface area contributed by atoms with E-state index in [0.29, 0.717) is 31.7 Å². The number of nitrogens with one attached hydrogen (secondary N) is 1. The summed E-state index contributed by atoms with van der Waals surface area (Å²) in [7, 11) is 0. The molecule has 1 aliphatic heterocycles. The summed E-state index contributed by atoms with van der Waals surface area (Å²) in [5.74, 6) is 0.273. The molecule has 1 saturated heterocycles. The van der Waals surface area contributed by atoms with Gasteiger partial charge >= 0.3 is 0 Å². The minimum atomic E-state index is -0.325. The van der Waals surface area contributed by atoms with Crippen LogP contribution in [0.1, 0.15) is 24.4 Å². The van der Waals surface area contributed by atoms with E-state index in [1.165, 1.54) is 12.1 Å². The predicted octanol–water partition coefficient (Wildman–Crippen LogP) is 2.97. The fraction of sp³-hybridized carbons (Fsp3) is 0.368. The number of piperazine rings is 1. The second-order valence-corrected chi connectivity index (χ2v) is 6.00. The Bertz CT molecular complexity index is 702. The van der Waals surface area contributed by atoms with Crippen LogP contribution in [0.2, 0.25) is 0 Å². The van der Waals surface area contributed by atoms with E-state index in [1.54, 1.807) is 18.3 Å². The molecule has 3 rings (SSSR count). The second-order valence-electron chi connectivity index (χ2n) is 6.00. The first-order chi connectivity index (χ1) is 12.2. The van der Waals surface area contributed by atoms with Crippen molar-refractivity contribution in [2.75, 3.05) is 26.2 Å². The van der Waals surface area contributed by atoms with Crippen LogP contribution >= 0.6 is 12.4 Å². The van der Waals surface area contributed by atoms with Crippen molar-refractivity contribution in [3.8, 4) is 5.75 Å². The van der Waals surface area contributed by atoms with Gasteiger partial charge in [0, 0.05) is 44.5 Å². The number of pyridine rings is 1. The summed E-state index contributed by atoms with van der Waals surface area (Å²) in [5.41, 5.74) is 1.04. The number of rotatable bonds is 6. The molecule has 7 heteroatoms. The molecule has 1 aromatic heterocycles. The van der Waals surface area contributed by atoms with Gasteiger partial charge in [-0.1, -0.05) is 12.1 Å². The molecule has 1 atom stereocenters. The molecule has 1 aromatic carbocycles. The first-order valence-corrected chi connectivity index (χ1v) is 8.52. The minimum Gasteiger partial charge on any atom is -0.493 e. The number of benzene rings is 1. The average molecular weight is 380 g/mol. The lowest BCUT2D eigenvalue weighted by Gasteiger charge is -2.36. The number of amides is 1. The van der Waals surface area contributed by atoms with Gasteiger partial charge in [-0.25, -0.2) is 4.39 Å². The molecule has 1 fully saturated rings. The molecule has 140 valence electrons. The lowest BCUT2D eigenvalue weighted by atomic mass is 10.0. The van der Waals surface area contributed by atoms with Crippen LogP contribution in [-0.4, -0.2) is 42.0 Å². The van der Waals surface area contributed by atoms with E-state index in [1.807, 2.05) is 23.2 Å². The summed E-state index contributed by atoms with van der Waals surface area (Å²) < 4.78 is 18.6. The van der Waals surface area contributed by atoms with E-state index in [9.17, 15) is 9.18 Å². The van der Waals surface area contributed by atoms with E-state index in [2.05, 4.69) is 10.3 Å². The standard InChI is InChI=1S/C19H22FN3O2.ClH/c20-16-5-1-6-17(12-16)25-11-3-7-19(24)23-10-9-22-14-18(23)15-4-2-8-21-13-15;/h1-2,4-6,8,12-13,18,22H,3,7,9-11,14H2;1H. The average Bonchev–Trinajstić information content (AvgIpc) is 2.66. The van der Waals surface area contributed by atoms with E-state index >= 15 is 0 Å². The SMILES string of the molecule is Cl.O=C(CCCOc1cccc(F)c1)N1CCNCC1c1cccnc1. The van der Waals surface area contributed by atoms with Gasteiger partial charge in [-0.05, 0) is 30.2 Å². The molecule has 0 aliphatic carbocycles. The molecule has 1 unspecified atom stereocenters. The fourth-order valence-corrected chi connectivity index (χ4v) is 2.99. The van der Waals surface area contributed by atoms with Gasteiger partial charge in [-0.3, -0.25) is 9.78 Å². The second kappa shape index (κ2) is 10.1. The maximum atomic E-state index is 13.1. The lowest BCUT2D eigenvalue weighted by molar-refractivity contribution is -0.134. The van der Waals surface area contributed by atoms with Crippen LogP contribution in [0.3, 0.4) is 0 Å². The van der Waals surface area contributed by atoms with Crippen LogP contribution in [0.25, 0.3) is 0 Å². The highest BCUT2D eigenvalue weighted by Crippen LogP contribution is 2.22. The number of halogens is 2. The van der Waals surface area contributed by atoms with Gasteiger partial charge in [0.15, 0.2) is 0 Å². The van der Waals surface area contributed by atoms with Crippen molar-refractivity contribution < 1.29 is 13.9 Å². The molecule has 2 aromatic rings. The predicted molar refractivity (Wildman–Crippen MR) is 99.9 cm³/mol. The Morgan fingerprint density at radius 3 is 3.00 bits per heavy atom. The summed E-state index contributed by atoms with van der Waals surface area (Å²) in [5, 5.41) is 3.33. The molecule has 26 heavy (non-hydrogen) atoms. The number of hydrogen-bond acceptors (Lipinski definition) is 4. The van der Waals surface area contributed by atoms with Crippen LogP contribution in [0, 0.1) is 5.82 Å². The van der Waals surface area contributed by atoms with Gasteiger partial charge in [0.25, 0.3) is 0 Å². The molecule has 0 bridgehead atoms. The normalized spacial score (nSPS) is 16.7. The summed E-state index contributed by atoms with van der Waals surface area (Å²) >= 11 is 0. The molecule has 1 amide bonds. The molecule has 5 nitrogen and oxygen atoms in total. The van der Waals surface area contributed by atoms with Crippen molar-refractivity contribution >= 4 is 18.3 Å². The lowest BCUT2D eigenvalue weighted by Crippen LogP contribution is -2.48. The van der Waals surface area contributed by atoms with E-state index in [-0.39, 0.29) is 30.2 Å². The quantitative estimate of drug-likeness (QED) is 0.784. The topological polar surface area (TPSA) is 54.5 Å². The van der Waals surface area contributed by atoms with Crippen LogP contribution in [-0.2, 0) is 4.79 Å². The summed E-state index contributed by atoms with van der Waals surface area (Å²) in [4.78, 5) is 18.7. The monoisotopic (exact) mass is 379 g/mol. The van der Waals surface area contributed by atoms with E-state index < -0.39 is 0 Å². The maximum Gasteiger partial charge on any atom is 0.223 e. The molecule has 1 aliphatic rings. The van der Waals surface area contributed by atoms with Crippen molar-refractivity contribution in [1.29, 1.82) is 0 Å². The third-order valence-electron chi connectivity index (χ3n) is 4.23. The Hall–Kier alpha value is -2.18. The number of hydrogen-bond donors (Lipinski definition) is 1. The molecular weight excluding hydrogens is 357 g/mol. The number of carbonyl (C=O) groups is 1. The van der Waals surface area contributed by atoms with Gasteiger partial charge in [0.05, 0.1) is 12.6 Å². The smallest absolute Gasteiger partial charge is 0.223 e. The number of ether oxygens (including phenoxy) is 1. The van der Waals surface area contributed by atoms with Crippen LogP contribution in [0.15, 0.2) is 48.8 Å². The molecule has 2 heterocycles. The van der Waals surface area contributed by atoms with Crippen LogP contribution < -0.4 is 10.1 Å². The zero-order valence-electron chi connectivity index (χ0n) is 14.4. The molecule has 0 spiro atoms. The van der Waals surface area contributed by atoms with Gasteiger partial charge in [0.1, 0.15) is 11.6 Å². The Morgan fingerprint density at radius 2 is 2.23 bits per heavy atom. The highest BCUT2D eigenvalue weighted by Gasteiger charge is 2.27. The van der Waals surface area contributed by atoms with Gasteiger partial charge in [0.2, 0.25) is 5.91 Å². The van der Waals surface area contributed by atoms with Gasteiger partial charge in [-0.2, -0.15) is 0 Å². The minimum absolute atomic E-state index is 0.